The fraction of sp³-hybridized carbons (Fsp3) is 0.400. The molecule has 1 fully saturated rings. The Morgan fingerprint density at radius 2 is 1.90 bits per heavy atom. The lowest BCUT2D eigenvalue weighted by molar-refractivity contribution is -0.138. The number of piperidine rings is 1. The maximum Gasteiger partial charge on any atom is 0.418 e. The van der Waals surface area contributed by atoms with Crippen molar-refractivity contribution in [2.45, 2.75) is 24.9 Å². The molecule has 112 valence electrons. The van der Waals surface area contributed by atoms with E-state index in [1.54, 1.807) is 18.2 Å². The molecule has 6 heteroatoms. The molecule has 0 amide bonds. The highest BCUT2D eigenvalue weighted by Crippen LogP contribution is 2.39. The lowest BCUT2D eigenvalue weighted by atomic mass is 9.90. The van der Waals surface area contributed by atoms with Crippen molar-refractivity contribution in [3.05, 3.63) is 35.5 Å². The van der Waals surface area contributed by atoms with Crippen LogP contribution in [0.2, 0.25) is 0 Å². The molecule has 1 aliphatic heterocycles. The minimum Gasteiger partial charge on any atom is -0.398 e. The van der Waals surface area contributed by atoms with Crippen LogP contribution in [0, 0.1) is 0 Å². The summed E-state index contributed by atoms with van der Waals surface area (Å²) in [6.07, 6.45) is -3.07. The molecule has 0 bridgehead atoms. The monoisotopic (exact) mass is 295 g/mol. The first kappa shape index (κ1) is 14.1. The summed E-state index contributed by atoms with van der Waals surface area (Å²) < 4.78 is 40.1. The largest absolute Gasteiger partial charge is 0.418 e. The molecule has 3 N–H and O–H groups in total. The van der Waals surface area contributed by atoms with Gasteiger partial charge < -0.3 is 11.1 Å². The van der Waals surface area contributed by atoms with Crippen LogP contribution in [0.3, 0.4) is 0 Å². The molecule has 2 aromatic rings. The fourth-order valence-corrected chi connectivity index (χ4v) is 2.87. The minimum atomic E-state index is -4.41. The summed E-state index contributed by atoms with van der Waals surface area (Å²) in [5.74, 6) is -0.159. The van der Waals surface area contributed by atoms with E-state index >= 15 is 0 Å². The van der Waals surface area contributed by atoms with Crippen LogP contribution in [0.25, 0.3) is 10.9 Å². The highest BCUT2D eigenvalue weighted by molar-refractivity contribution is 5.90. The van der Waals surface area contributed by atoms with Crippen molar-refractivity contribution in [1.82, 2.24) is 10.3 Å². The van der Waals surface area contributed by atoms with Crippen molar-refractivity contribution in [3.63, 3.8) is 0 Å². The summed E-state index contributed by atoms with van der Waals surface area (Å²) in [6, 6.07) is 6.16. The molecule has 2 heterocycles. The van der Waals surface area contributed by atoms with Gasteiger partial charge in [0.25, 0.3) is 0 Å². The molecule has 0 saturated carbocycles. The van der Waals surface area contributed by atoms with Gasteiger partial charge in [-0.25, -0.2) is 0 Å². The highest BCUT2D eigenvalue weighted by atomic mass is 19.4. The van der Waals surface area contributed by atoms with Gasteiger partial charge in [-0.3, -0.25) is 4.98 Å². The number of aromatic nitrogens is 1. The van der Waals surface area contributed by atoms with E-state index < -0.39 is 11.7 Å². The van der Waals surface area contributed by atoms with Gasteiger partial charge in [-0.05, 0) is 44.1 Å². The molecule has 21 heavy (non-hydrogen) atoms. The van der Waals surface area contributed by atoms with E-state index in [4.69, 9.17) is 5.73 Å². The lowest BCUT2D eigenvalue weighted by Crippen LogP contribution is -2.28. The number of anilines is 1. The van der Waals surface area contributed by atoms with E-state index in [2.05, 4.69) is 10.3 Å². The van der Waals surface area contributed by atoms with Gasteiger partial charge in [0, 0.05) is 17.0 Å². The first-order valence-electron chi connectivity index (χ1n) is 6.94. The molecule has 0 unspecified atom stereocenters. The number of pyridine rings is 1. The van der Waals surface area contributed by atoms with E-state index in [1.165, 1.54) is 0 Å². The number of nitrogens with zero attached hydrogens (tertiary/aromatic N) is 1. The van der Waals surface area contributed by atoms with Gasteiger partial charge in [0.1, 0.15) is 0 Å². The van der Waals surface area contributed by atoms with Crippen LogP contribution in [-0.2, 0) is 6.18 Å². The molecule has 3 nitrogen and oxygen atoms in total. The number of nitrogens with two attached hydrogens (primary N) is 1. The van der Waals surface area contributed by atoms with E-state index in [0.717, 1.165) is 19.2 Å². The molecular weight excluding hydrogens is 279 g/mol. The smallest absolute Gasteiger partial charge is 0.398 e. The molecule has 0 radical (unpaired) electrons. The van der Waals surface area contributed by atoms with Crippen molar-refractivity contribution in [2.24, 2.45) is 0 Å². The third-order valence-electron chi connectivity index (χ3n) is 3.95. The third kappa shape index (κ3) is 2.68. The second-order valence-corrected chi connectivity index (χ2v) is 5.36. The Labute approximate surface area is 120 Å². The van der Waals surface area contributed by atoms with Gasteiger partial charge in [-0.1, -0.05) is 6.07 Å². The Hall–Kier alpha value is -1.82. The van der Waals surface area contributed by atoms with E-state index in [-0.39, 0.29) is 11.6 Å². The molecule has 1 aliphatic rings. The number of nitrogens with one attached hydrogen (secondary N) is 1. The van der Waals surface area contributed by atoms with Crippen LogP contribution in [0.1, 0.15) is 30.0 Å². The molecule has 1 aromatic carbocycles. The van der Waals surface area contributed by atoms with Crippen molar-refractivity contribution >= 4 is 16.6 Å². The molecular formula is C15H16F3N3. The number of halogens is 3. The van der Waals surface area contributed by atoms with Crippen molar-refractivity contribution in [3.8, 4) is 0 Å². The van der Waals surface area contributed by atoms with Crippen LogP contribution >= 0.6 is 0 Å². The Kier molecular flexibility index (Phi) is 3.49. The number of rotatable bonds is 1. The van der Waals surface area contributed by atoms with Gasteiger partial charge >= 0.3 is 6.18 Å². The van der Waals surface area contributed by atoms with Crippen LogP contribution in [-0.4, -0.2) is 18.1 Å². The van der Waals surface area contributed by atoms with Gasteiger partial charge in [0.05, 0.1) is 16.8 Å². The minimum absolute atomic E-state index is 0.155. The zero-order valence-electron chi connectivity index (χ0n) is 11.4. The second kappa shape index (κ2) is 5.18. The van der Waals surface area contributed by atoms with Gasteiger partial charge in [-0.15, -0.1) is 0 Å². The summed E-state index contributed by atoms with van der Waals surface area (Å²) in [6.45, 7) is 1.44. The van der Waals surface area contributed by atoms with E-state index in [0.29, 0.717) is 29.4 Å². The van der Waals surface area contributed by atoms with Crippen molar-refractivity contribution in [1.29, 1.82) is 0 Å². The second-order valence-electron chi connectivity index (χ2n) is 5.36. The predicted molar refractivity (Wildman–Crippen MR) is 76.0 cm³/mol. The summed E-state index contributed by atoms with van der Waals surface area (Å²) in [7, 11) is 0. The van der Waals surface area contributed by atoms with Gasteiger partial charge in [-0.2, -0.15) is 13.2 Å². The van der Waals surface area contributed by atoms with Crippen LogP contribution in [0.4, 0.5) is 18.9 Å². The number of nitrogen functional groups attached to an aromatic ring is 1. The first-order valence-corrected chi connectivity index (χ1v) is 6.94. The maximum absolute atomic E-state index is 13.4. The number of fused-ring (bicyclic) bond motifs is 1. The highest BCUT2D eigenvalue weighted by Gasteiger charge is 2.37. The van der Waals surface area contributed by atoms with Crippen molar-refractivity contribution < 1.29 is 13.2 Å². The normalized spacial score (nSPS) is 17.3. The van der Waals surface area contributed by atoms with E-state index in [1.807, 2.05) is 0 Å². The Morgan fingerprint density at radius 3 is 2.57 bits per heavy atom. The Bertz CT molecular complexity index is 661. The number of alkyl halides is 3. The SMILES string of the molecule is Nc1cccc2nc(C3CCNCC3)c(C(F)(F)F)cc12. The van der Waals surface area contributed by atoms with Crippen LogP contribution < -0.4 is 11.1 Å². The topological polar surface area (TPSA) is 50.9 Å². The molecule has 3 rings (SSSR count). The lowest BCUT2D eigenvalue weighted by Gasteiger charge is -2.25. The standard InChI is InChI=1S/C15H16F3N3/c16-15(17,18)11-8-10-12(19)2-1-3-13(10)21-14(11)9-4-6-20-7-5-9/h1-3,8-9,20H,4-7,19H2. The average molecular weight is 295 g/mol. The van der Waals surface area contributed by atoms with Crippen LogP contribution in [0.5, 0.6) is 0 Å². The number of hydrogen-bond acceptors (Lipinski definition) is 3. The van der Waals surface area contributed by atoms with Gasteiger partial charge in [0.15, 0.2) is 0 Å². The number of hydrogen-bond donors (Lipinski definition) is 2. The number of benzene rings is 1. The molecule has 1 aromatic heterocycles. The molecule has 0 spiro atoms. The Balaban J connectivity index is 2.20. The summed E-state index contributed by atoms with van der Waals surface area (Å²) >= 11 is 0. The molecule has 1 saturated heterocycles. The Morgan fingerprint density at radius 1 is 1.19 bits per heavy atom. The molecule has 0 aliphatic carbocycles. The van der Waals surface area contributed by atoms with E-state index in [9.17, 15) is 13.2 Å². The van der Waals surface area contributed by atoms with Crippen LogP contribution in [0.15, 0.2) is 24.3 Å². The maximum atomic E-state index is 13.4. The van der Waals surface area contributed by atoms with Gasteiger partial charge in [0.2, 0.25) is 0 Å². The average Bonchev–Trinajstić information content (AvgIpc) is 2.46. The predicted octanol–water partition coefficient (Wildman–Crippen LogP) is 3.30. The summed E-state index contributed by atoms with van der Waals surface area (Å²) in [5, 5.41) is 3.52. The molecule has 0 atom stereocenters. The summed E-state index contributed by atoms with van der Waals surface area (Å²) in [5.41, 5.74) is 6.13. The first-order chi connectivity index (χ1) is 9.97. The van der Waals surface area contributed by atoms with Crippen molar-refractivity contribution in [2.75, 3.05) is 18.8 Å². The quantitative estimate of drug-likeness (QED) is 0.794. The third-order valence-corrected chi connectivity index (χ3v) is 3.95. The fourth-order valence-electron chi connectivity index (χ4n) is 2.87. The zero-order chi connectivity index (χ0) is 15.0. The zero-order valence-corrected chi connectivity index (χ0v) is 11.4. The summed E-state index contributed by atoms with van der Waals surface area (Å²) in [4.78, 5) is 4.30.